The van der Waals surface area contributed by atoms with Gasteiger partial charge in [-0.05, 0) is 38.3 Å². The van der Waals surface area contributed by atoms with E-state index >= 15 is 0 Å². The fourth-order valence-electron chi connectivity index (χ4n) is 3.78. The van der Waals surface area contributed by atoms with Crippen molar-refractivity contribution in [2.24, 2.45) is 12.0 Å². The normalized spacial score (nSPS) is 16.0. The number of hydrogen-bond acceptors (Lipinski definition) is 6. The van der Waals surface area contributed by atoms with E-state index in [2.05, 4.69) is 26.1 Å². The van der Waals surface area contributed by atoms with E-state index in [-0.39, 0.29) is 6.29 Å². The second-order valence-corrected chi connectivity index (χ2v) is 7.97. The van der Waals surface area contributed by atoms with Crippen LogP contribution < -0.4 is 4.68 Å². The van der Waals surface area contributed by atoms with Crippen molar-refractivity contribution in [1.82, 2.24) is 29.6 Å². The number of aromatic nitrogens is 6. The molecule has 1 atom stereocenters. The largest absolute Gasteiger partial charge is 0.356 e. The molecule has 10 heteroatoms. The first-order valence-electron chi connectivity index (χ1n) is 10.6. The molecule has 4 rings (SSSR count). The molecule has 0 bridgehead atoms. The fraction of sp³-hybridized carbons (Fsp3) is 0.571. The first kappa shape index (κ1) is 21.4. The number of amidine groups is 1. The van der Waals surface area contributed by atoms with Crippen molar-refractivity contribution >= 4 is 16.9 Å². The van der Waals surface area contributed by atoms with Gasteiger partial charge in [0, 0.05) is 40.2 Å². The molecule has 1 aromatic carbocycles. The maximum absolute atomic E-state index is 5.73. The first-order chi connectivity index (χ1) is 14.9. The molecule has 0 spiro atoms. The van der Waals surface area contributed by atoms with E-state index in [0.29, 0.717) is 12.8 Å². The summed E-state index contributed by atoms with van der Waals surface area (Å²) < 4.78 is 16.9. The van der Waals surface area contributed by atoms with E-state index in [1.165, 1.54) is 6.42 Å². The number of aryl methyl sites for hydroxylation is 1. The summed E-state index contributed by atoms with van der Waals surface area (Å²) in [7, 11) is 7.27. The molecule has 1 saturated carbocycles. The van der Waals surface area contributed by atoms with Crippen LogP contribution in [0.5, 0.6) is 0 Å². The monoisotopic (exact) mass is 427 g/mol. The summed E-state index contributed by atoms with van der Waals surface area (Å²) in [6.45, 7) is 4.22. The van der Waals surface area contributed by atoms with Crippen molar-refractivity contribution in [1.29, 1.82) is 0 Å². The molecule has 2 aromatic heterocycles. The van der Waals surface area contributed by atoms with Crippen LogP contribution in [0.15, 0.2) is 23.2 Å². The molecule has 3 aromatic rings. The van der Waals surface area contributed by atoms with Crippen LogP contribution >= 0.6 is 0 Å². The van der Waals surface area contributed by atoms with Gasteiger partial charge < -0.3 is 18.9 Å². The van der Waals surface area contributed by atoms with E-state index in [4.69, 9.17) is 14.5 Å². The highest BCUT2D eigenvalue weighted by Crippen LogP contribution is 2.36. The van der Waals surface area contributed by atoms with E-state index in [1.807, 2.05) is 49.7 Å². The molecule has 0 amide bonds. The number of fused-ring (bicyclic) bond motifs is 1. The second-order valence-electron chi connectivity index (χ2n) is 7.97. The van der Waals surface area contributed by atoms with E-state index in [0.717, 1.165) is 47.0 Å². The fourth-order valence-corrected chi connectivity index (χ4v) is 3.78. The summed E-state index contributed by atoms with van der Waals surface area (Å²) in [5.41, 5.74) is 2.98. The first-order valence-corrected chi connectivity index (χ1v) is 10.6. The molecular formula is C21H31N8O2+. The van der Waals surface area contributed by atoms with Crippen LogP contribution in [0.1, 0.15) is 43.9 Å². The third kappa shape index (κ3) is 3.92. The van der Waals surface area contributed by atoms with E-state index < -0.39 is 0 Å². The summed E-state index contributed by atoms with van der Waals surface area (Å²) in [6.07, 6.45) is 3.21. The lowest BCUT2D eigenvalue weighted by Gasteiger charge is -2.31. The molecule has 1 aliphatic carbocycles. The number of rotatable bonds is 7. The zero-order valence-electron chi connectivity index (χ0n) is 19.1. The number of benzene rings is 1. The predicted octanol–water partition coefficient (Wildman–Crippen LogP) is 1.75. The average Bonchev–Trinajstić information content (AvgIpc) is 3.25. The molecule has 10 nitrogen and oxygen atoms in total. The highest BCUT2D eigenvalue weighted by Gasteiger charge is 2.29. The Morgan fingerprint density at radius 3 is 2.74 bits per heavy atom. The lowest BCUT2D eigenvalue weighted by atomic mass is 9.92. The van der Waals surface area contributed by atoms with Gasteiger partial charge in [-0.3, -0.25) is 4.99 Å². The van der Waals surface area contributed by atoms with Crippen LogP contribution in [-0.2, 0) is 16.5 Å². The van der Waals surface area contributed by atoms with Gasteiger partial charge in [0.2, 0.25) is 0 Å². The minimum atomic E-state index is -0.291. The summed E-state index contributed by atoms with van der Waals surface area (Å²) in [6, 6.07) is 6.62. The van der Waals surface area contributed by atoms with Gasteiger partial charge in [0.15, 0.2) is 23.2 Å². The predicted molar refractivity (Wildman–Crippen MR) is 116 cm³/mol. The lowest BCUT2D eigenvalue weighted by Crippen LogP contribution is -2.35. The molecular weight excluding hydrogens is 396 g/mol. The van der Waals surface area contributed by atoms with Crippen molar-refractivity contribution < 1.29 is 14.2 Å². The lowest BCUT2D eigenvalue weighted by molar-refractivity contribution is -0.737. The molecule has 166 valence electrons. The van der Waals surface area contributed by atoms with Gasteiger partial charge in [0.25, 0.3) is 5.82 Å². The molecule has 0 N–H and O–H groups in total. The van der Waals surface area contributed by atoms with E-state index in [1.54, 1.807) is 18.8 Å². The van der Waals surface area contributed by atoms with Crippen LogP contribution in [-0.4, -0.2) is 69.6 Å². The smallest absolute Gasteiger partial charge is 0.259 e. The number of hydrogen-bond donors (Lipinski definition) is 0. The van der Waals surface area contributed by atoms with Crippen LogP contribution in [0, 0.1) is 6.92 Å². The molecule has 0 radical (unpaired) electrons. The summed E-state index contributed by atoms with van der Waals surface area (Å²) >= 11 is 0. The average molecular weight is 428 g/mol. The molecule has 0 aliphatic heterocycles. The third-order valence-electron chi connectivity index (χ3n) is 6.00. The Morgan fingerprint density at radius 2 is 2.16 bits per heavy atom. The number of tetrazole rings is 1. The third-order valence-corrected chi connectivity index (χ3v) is 6.00. The highest BCUT2D eigenvalue weighted by atomic mass is 16.7. The summed E-state index contributed by atoms with van der Waals surface area (Å²) in [5, 5.41) is 8.40. The summed E-state index contributed by atoms with van der Waals surface area (Å²) in [4.78, 5) is 11.5. The number of imidazole rings is 1. The van der Waals surface area contributed by atoms with Crippen LogP contribution in [0.3, 0.4) is 0 Å². The molecule has 31 heavy (non-hydrogen) atoms. The maximum atomic E-state index is 5.73. The number of nitrogens with zero attached hydrogens (tertiary/aromatic N) is 8. The standard InChI is InChI=1S/C21H31N8O2/c1-14-27(5)24-25-29(14)17-10-11-18-19(12-17)28(16-8-7-9-16)21(23-18)20(22-3)26(4)13-31-15(2)30-6/h10-12,15-16H,7-9,13H2,1-6H3/q+1. The Labute approximate surface area is 182 Å². The van der Waals surface area contributed by atoms with E-state index in [9.17, 15) is 0 Å². The Hall–Kier alpha value is -2.85. The molecule has 1 unspecified atom stereocenters. The van der Waals surface area contributed by atoms with Gasteiger partial charge in [0.1, 0.15) is 17.6 Å². The van der Waals surface area contributed by atoms with Crippen molar-refractivity contribution in [2.45, 2.75) is 45.4 Å². The minimum absolute atomic E-state index is 0.291. The van der Waals surface area contributed by atoms with Crippen molar-refractivity contribution in [3.63, 3.8) is 0 Å². The highest BCUT2D eigenvalue weighted by molar-refractivity contribution is 5.99. The van der Waals surface area contributed by atoms with Gasteiger partial charge in [-0.25, -0.2) is 4.98 Å². The van der Waals surface area contributed by atoms with Crippen LogP contribution in [0.25, 0.3) is 16.7 Å². The zero-order valence-corrected chi connectivity index (χ0v) is 19.1. The van der Waals surface area contributed by atoms with Gasteiger partial charge >= 0.3 is 0 Å². The van der Waals surface area contributed by atoms with Gasteiger partial charge in [0.05, 0.1) is 18.1 Å². The van der Waals surface area contributed by atoms with Crippen molar-refractivity contribution in [3.05, 3.63) is 29.8 Å². The van der Waals surface area contributed by atoms with Crippen LogP contribution in [0.4, 0.5) is 0 Å². The summed E-state index contributed by atoms with van der Waals surface area (Å²) in [5.74, 6) is 2.60. The number of methoxy groups -OCH3 is 1. The Kier molecular flexibility index (Phi) is 6.01. The Balaban J connectivity index is 1.77. The van der Waals surface area contributed by atoms with Gasteiger partial charge in [-0.2, -0.15) is 0 Å². The number of aliphatic imine (C=N–C) groups is 1. The molecule has 1 fully saturated rings. The molecule has 0 saturated heterocycles. The van der Waals surface area contributed by atoms with Gasteiger partial charge in [-0.15, -0.1) is 4.68 Å². The second kappa shape index (κ2) is 8.72. The SMILES string of the molecule is CN=C(c1nc2ccc(-n3nn[n+](C)c3C)cc2n1C1CCC1)N(C)COC(C)OC. The number of ether oxygens (including phenoxy) is 2. The van der Waals surface area contributed by atoms with Crippen molar-refractivity contribution in [2.75, 3.05) is 27.9 Å². The molecule has 2 heterocycles. The maximum Gasteiger partial charge on any atom is 0.259 e. The zero-order chi connectivity index (χ0) is 22.1. The quantitative estimate of drug-likeness (QED) is 0.247. The van der Waals surface area contributed by atoms with Gasteiger partial charge in [-0.1, -0.05) is 4.68 Å². The Morgan fingerprint density at radius 1 is 1.39 bits per heavy atom. The van der Waals surface area contributed by atoms with Crippen LogP contribution in [0.2, 0.25) is 0 Å². The van der Waals surface area contributed by atoms with Crippen molar-refractivity contribution in [3.8, 4) is 5.69 Å². The Bertz CT molecular complexity index is 1100. The molecule has 1 aliphatic rings. The minimum Gasteiger partial charge on any atom is -0.356 e. The topological polar surface area (TPSA) is 86.5 Å².